The number of carbonyl (C=O) groups is 1. The van der Waals surface area contributed by atoms with E-state index < -0.39 is 0 Å². The maximum atomic E-state index is 13.2. The van der Waals surface area contributed by atoms with Crippen LogP contribution in [0.5, 0.6) is 0 Å². The Morgan fingerprint density at radius 2 is 2.21 bits per heavy atom. The van der Waals surface area contributed by atoms with Crippen molar-refractivity contribution < 1.29 is 14.6 Å². The van der Waals surface area contributed by atoms with Crippen LogP contribution in [-0.4, -0.2) is 62.6 Å². The number of rotatable bonds is 3. The number of fused-ring (bicyclic) bond motifs is 1. The highest BCUT2D eigenvalue weighted by atomic mass is 16.5. The van der Waals surface area contributed by atoms with E-state index >= 15 is 0 Å². The van der Waals surface area contributed by atoms with Gasteiger partial charge in [0.15, 0.2) is 0 Å². The standard InChI is InChI=1S/C17H20N4O3/c22-9-12-7-15-16(8-12)24-6-5-20(15)17(23)13-3-1-2-4-14(13)21-11-18-10-19-21/h1-4,10-12,15-16,22H,5-9H2/t12-,15+,16+/m1/s1. The van der Waals surface area contributed by atoms with E-state index in [-0.39, 0.29) is 30.6 Å². The van der Waals surface area contributed by atoms with Crippen LogP contribution in [0, 0.1) is 5.92 Å². The fraction of sp³-hybridized carbons (Fsp3) is 0.471. The monoisotopic (exact) mass is 328 g/mol. The topological polar surface area (TPSA) is 80.5 Å². The molecule has 1 saturated heterocycles. The van der Waals surface area contributed by atoms with Crippen LogP contribution < -0.4 is 0 Å². The van der Waals surface area contributed by atoms with Crippen LogP contribution in [-0.2, 0) is 4.74 Å². The molecule has 3 atom stereocenters. The van der Waals surface area contributed by atoms with E-state index in [1.807, 2.05) is 29.2 Å². The third-order valence-electron chi connectivity index (χ3n) is 4.95. The average molecular weight is 328 g/mol. The van der Waals surface area contributed by atoms with E-state index in [1.165, 1.54) is 6.33 Å². The molecular weight excluding hydrogens is 308 g/mol. The first kappa shape index (κ1) is 15.3. The zero-order valence-electron chi connectivity index (χ0n) is 13.3. The number of hydrogen-bond donors (Lipinski definition) is 1. The highest BCUT2D eigenvalue weighted by Gasteiger charge is 2.43. The van der Waals surface area contributed by atoms with Crippen LogP contribution in [0.15, 0.2) is 36.9 Å². The SMILES string of the molecule is O=C(c1ccccc1-n1cncn1)N1CCO[C@H]2C[C@H](CO)C[C@@H]21. The van der Waals surface area contributed by atoms with Crippen LogP contribution in [0.2, 0.25) is 0 Å². The maximum absolute atomic E-state index is 13.2. The summed E-state index contributed by atoms with van der Waals surface area (Å²) in [6.07, 6.45) is 4.67. The first-order valence-electron chi connectivity index (χ1n) is 8.25. The van der Waals surface area contributed by atoms with E-state index in [9.17, 15) is 9.90 Å². The van der Waals surface area contributed by atoms with Gasteiger partial charge in [-0.3, -0.25) is 4.79 Å². The lowest BCUT2D eigenvalue weighted by Crippen LogP contribution is -2.51. The molecule has 1 aliphatic carbocycles. The lowest BCUT2D eigenvalue weighted by molar-refractivity contribution is -0.0448. The zero-order chi connectivity index (χ0) is 16.5. The lowest BCUT2D eigenvalue weighted by atomic mass is 10.1. The predicted octanol–water partition coefficient (Wildman–Crippen LogP) is 0.879. The number of aromatic nitrogens is 3. The number of ether oxygens (including phenoxy) is 1. The van der Waals surface area contributed by atoms with Gasteiger partial charge in [0.25, 0.3) is 5.91 Å². The Kier molecular flexibility index (Phi) is 4.03. The second-order valence-electron chi connectivity index (χ2n) is 6.35. The van der Waals surface area contributed by atoms with Crippen LogP contribution in [0.3, 0.4) is 0 Å². The van der Waals surface area contributed by atoms with Crippen LogP contribution >= 0.6 is 0 Å². The van der Waals surface area contributed by atoms with Gasteiger partial charge in [-0.2, -0.15) is 5.10 Å². The van der Waals surface area contributed by atoms with Crippen molar-refractivity contribution in [2.45, 2.75) is 25.0 Å². The number of aliphatic hydroxyl groups is 1. The van der Waals surface area contributed by atoms with Gasteiger partial charge in [-0.05, 0) is 30.9 Å². The number of morpholine rings is 1. The molecule has 4 rings (SSSR count). The largest absolute Gasteiger partial charge is 0.396 e. The van der Waals surface area contributed by atoms with Gasteiger partial charge in [0.2, 0.25) is 0 Å². The van der Waals surface area contributed by atoms with Gasteiger partial charge in [-0.1, -0.05) is 12.1 Å². The molecule has 7 heteroatoms. The highest BCUT2D eigenvalue weighted by Crippen LogP contribution is 2.35. The van der Waals surface area contributed by atoms with E-state index in [1.54, 1.807) is 11.0 Å². The summed E-state index contributed by atoms with van der Waals surface area (Å²) in [6.45, 7) is 1.26. The van der Waals surface area contributed by atoms with Crippen LogP contribution in [0.1, 0.15) is 23.2 Å². The smallest absolute Gasteiger partial charge is 0.256 e. The molecule has 7 nitrogen and oxygen atoms in total. The van der Waals surface area contributed by atoms with Gasteiger partial charge < -0.3 is 14.7 Å². The van der Waals surface area contributed by atoms with Gasteiger partial charge in [0.05, 0.1) is 30.0 Å². The zero-order valence-corrected chi connectivity index (χ0v) is 13.3. The van der Waals surface area contributed by atoms with Gasteiger partial charge in [0, 0.05) is 13.2 Å². The molecule has 1 N–H and O–H groups in total. The molecule has 1 amide bonds. The molecule has 1 aliphatic heterocycles. The minimum atomic E-state index is -0.0158. The lowest BCUT2D eigenvalue weighted by Gasteiger charge is -2.38. The summed E-state index contributed by atoms with van der Waals surface area (Å²) in [7, 11) is 0. The summed E-state index contributed by atoms with van der Waals surface area (Å²) < 4.78 is 7.43. The molecule has 0 bridgehead atoms. The third kappa shape index (κ3) is 2.59. The number of aliphatic hydroxyl groups excluding tert-OH is 1. The summed E-state index contributed by atoms with van der Waals surface area (Å²) in [6, 6.07) is 7.46. The average Bonchev–Trinajstić information content (AvgIpc) is 3.29. The summed E-state index contributed by atoms with van der Waals surface area (Å²) in [5, 5.41) is 13.6. The third-order valence-corrected chi connectivity index (χ3v) is 4.95. The number of benzene rings is 1. The van der Waals surface area contributed by atoms with Crippen LogP contribution in [0.4, 0.5) is 0 Å². The van der Waals surface area contributed by atoms with Crippen molar-refractivity contribution in [3.8, 4) is 5.69 Å². The second-order valence-corrected chi connectivity index (χ2v) is 6.35. The molecule has 2 fully saturated rings. The number of carbonyl (C=O) groups excluding carboxylic acids is 1. The first-order valence-corrected chi connectivity index (χ1v) is 8.25. The van der Waals surface area contributed by atoms with Crippen molar-refractivity contribution in [1.29, 1.82) is 0 Å². The van der Waals surface area contributed by atoms with Crippen molar-refractivity contribution in [2.24, 2.45) is 5.92 Å². The fourth-order valence-corrected chi connectivity index (χ4v) is 3.79. The number of hydrogen-bond acceptors (Lipinski definition) is 5. The Labute approximate surface area is 139 Å². The van der Waals surface area contributed by atoms with Gasteiger partial charge in [-0.25, -0.2) is 9.67 Å². The minimum absolute atomic E-state index is 0.0158. The summed E-state index contributed by atoms with van der Waals surface area (Å²) in [5.41, 5.74) is 1.33. The summed E-state index contributed by atoms with van der Waals surface area (Å²) in [5.74, 6) is 0.192. The Morgan fingerprint density at radius 3 is 3.00 bits per heavy atom. The molecule has 1 aromatic carbocycles. The molecule has 0 spiro atoms. The first-order chi connectivity index (χ1) is 11.8. The molecule has 2 aromatic rings. The van der Waals surface area contributed by atoms with Crippen molar-refractivity contribution in [3.05, 3.63) is 42.5 Å². The number of nitrogens with zero attached hydrogens (tertiary/aromatic N) is 4. The number of amides is 1. The van der Waals surface area contributed by atoms with Gasteiger partial charge in [-0.15, -0.1) is 0 Å². The maximum Gasteiger partial charge on any atom is 0.256 e. The molecule has 0 unspecified atom stereocenters. The minimum Gasteiger partial charge on any atom is -0.396 e. The Bertz CT molecular complexity index is 718. The van der Waals surface area contributed by atoms with E-state index in [4.69, 9.17) is 4.74 Å². The van der Waals surface area contributed by atoms with Crippen molar-refractivity contribution in [1.82, 2.24) is 19.7 Å². The Balaban J connectivity index is 1.64. The molecule has 1 saturated carbocycles. The van der Waals surface area contributed by atoms with Crippen LogP contribution in [0.25, 0.3) is 5.69 Å². The molecule has 126 valence electrons. The summed E-state index contributed by atoms with van der Waals surface area (Å²) >= 11 is 0. The van der Waals surface area contributed by atoms with E-state index in [0.29, 0.717) is 18.7 Å². The van der Waals surface area contributed by atoms with Crippen molar-refractivity contribution in [3.63, 3.8) is 0 Å². The molecule has 24 heavy (non-hydrogen) atoms. The second kappa shape index (κ2) is 6.33. The fourth-order valence-electron chi connectivity index (χ4n) is 3.79. The van der Waals surface area contributed by atoms with Crippen molar-refractivity contribution >= 4 is 5.91 Å². The van der Waals surface area contributed by atoms with Gasteiger partial charge >= 0.3 is 0 Å². The van der Waals surface area contributed by atoms with E-state index in [0.717, 1.165) is 18.5 Å². The molecule has 0 radical (unpaired) electrons. The molecule has 1 aromatic heterocycles. The molecular formula is C17H20N4O3. The quantitative estimate of drug-likeness (QED) is 0.905. The van der Waals surface area contributed by atoms with Crippen molar-refractivity contribution in [2.75, 3.05) is 19.8 Å². The Morgan fingerprint density at radius 1 is 1.33 bits per heavy atom. The predicted molar refractivity (Wildman–Crippen MR) is 85.7 cm³/mol. The Hall–Kier alpha value is -2.25. The normalized spacial score (nSPS) is 26.4. The molecule has 2 heterocycles. The van der Waals surface area contributed by atoms with Gasteiger partial charge in [0.1, 0.15) is 12.7 Å². The van der Waals surface area contributed by atoms with E-state index in [2.05, 4.69) is 10.1 Å². The summed E-state index contributed by atoms with van der Waals surface area (Å²) in [4.78, 5) is 19.1. The highest BCUT2D eigenvalue weighted by molar-refractivity contribution is 5.98. The number of para-hydroxylation sites is 1. The molecule has 2 aliphatic rings.